The monoisotopic (exact) mass is 341 g/mol. The van der Waals surface area contributed by atoms with Gasteiger partial charge in [-0.3, -0.25) is 9.48 Å². The number of aromatic nitrogens is 4. The Bertz CT molecular complexity index is 800. The highest BCUT2D eigenvalue weighted by molar-refractivity contribution is 6.03. The van der Waals surface area contributed by atoms with Crippen molar-refractivity contribution >= 4 is 11.9 Å². The van der Waals surface area contributed by atoms with Gasteiger partial charge in [0.2, 0.25) is 5.95 Å². The molecule has 0 unspecified atom stereocenters. The minimum absolute atomic E-state index is 0.108. The van der Waals surface area contributed by atoms with E-state index in [9.17, 15) is 4.79 Å². The number of amides is 1. The zero-order valence-corrected chi connectivity index (χ0v) is 14.3. The Morgan fingerprint density at radius 3 is 2.96 bits per heavy atom. The molecule has 2 aliphatic rings. The van der Waals surface area contributed by atoms with E-state index in [-0.39, 0.29) is 18.0 Å². The minimum atomic E-state index is -0.129. The Labute approximate surface area is 146 Å². The lowest BCUT2D eigenvalue weighted by Gasteiger charge is -2.29. The topological polar surface area (TPSA) is 111 Å². The van der Waals surface area contributed by atoms with Crippen LogP contribution in [0.25, 0.3) is 11.3 Å². The highest BCUT2D eigenvalue weighted by Gasteiger charge is 2.29. The molecule has 8 heteroatoms. The summed E-state index contributed by atoms with van der Waals surface area (Å²) in [7, 11) is 0. The number of rotatable bonds is 4. The molecule has 1 amide bonds. The largest absolute Gasteiger partial charge is 0.350 e. The third-order valence-corrected chi connectivity index (χ3v) is 4.99. The molecule has 1 fully saturated rings. The number of anilines is 1. The first-order valence-electron chi connectivity index (χ1n) is 8.89. The van der Waals surface area contributed by atoms with Gasteiger partial charge >= 0.3 is 0 Å². The first-order valence-corrected chi connectivity index (χ1v) is 8.89. The van der Waals surface area contributed by atoms with Crippen LogP contribution in [-0.4, -0.2) is 37.7 Å². The van der Waals surface area contributed by atoms with Crippen molar-refractivity contribution in [1.82, 2.24) is 25.1 Å². The van der Waals surface area contributed by atoms with Gasteiger partial charge in [-0.2, -0.15) is 5.10 Å². The lowest BCUT2D eigenvalue weighted by Crippen LogP contribution is -2.43. The number of aryl methyl sites for hydroxylation is 1. The summed E-state index contributed by atoms with van der Waals surface area (Å²) in [5.74, 6) is 0.409. The third-order valence-electron chi connectivity index (χ3n) is 4.99. The molecule has 1 saturated carbocycles. The highest BCUT2D eigenvalue weighted by atomic mass is 16.1. The lowest BCUT2D eigenvalue weighted by molar-refractivity contribution is 0.0966. The molecule has 0 spiro atoms. The summed E-state index contributed by atoms with van der Waals surface area (Å²) in [6.07, 6.45) is 8.01. The molecule has 4 N–H and O–H groups in total. The van der Waals surface area contributed by atoms with Crippen LogP contribution in [-0.2, 0) is 13.1 Å². The molecule has 2 aromatic heterocycles. The van der Waals surface area contributed by atoms with Crippen LogP contribution in [0.2, 0.25) is 0 Å². The van der Waals surface area contributed by atoms with E-state index in [2.05, 4.69) is 25.7 Å². The Morgan fingerprint density at radius 2 is 2.20 bits per heavy atom. The van der Waals surface area contributed by atoms with E-state index in [1.54, 1.807) is 6.20 Å². The molecular weight excluding hydrogens is 318 g/mol. The summed E-state index contributed by atoms with van der Waals surface area (Å²) in [5.41, 5.74) is 8.97. The van der Waals surface area contributed by atoms with Crippen molar-refractivity contribution < 1.29 is 4.79 Å². The van der Waals surface area contributed by atoms with Crippen LogP contribution in [0.3, 0.4) is 0 Å². The Kier molecular flexibility index (Phi) is 4.12. The Hall–Kier alpha value is -2.48. The van der Waals surface area contributed by atoms with E-state index in [0.717, 1.165) is 37.1 Å². The fraction of sp³-hybridized carbons (Fsp3) is 0.529. The van der Waals surface area contributed by atoms with Crippen molar-refractivity contribution in [2.24, 2.45) is 5.73 Å². The summed E-state index contributed by atoms with van der Waals surface area (Å²) in [6, 6.07) is 0.278. The molecule has 1 aliphatic carbocycles. The molecule has 25 heavy (non-hydrogen) atoms. The number of fused-ring (bicyclic) bond motifs is 1. The van der Waals surface area contributed by atoms with Crippen molar-refractivity contribution in [3.63, 3.8) is 0 Å². The maximum Gasteiger partial charge on any atom is 0.255 e. The number of nitrogens with zero attached hydrogens (tertiary/aromatic N) is 4. The normalized spacial score (nSPS) is 22.6. The molecule has 0 saturated heterocycles. The van der Waals surface area contributed by atoms with E-state index in [0.29, 0.717) is 23.8 Å². The van der Waals surface area contributed by atoms with E-state index < -0.39 is 0 Å². The Morgan fingerprint density at radius 1 is 1.36 bits per heavy atom. The number of nitrogens with one attached hydrogen (secondary N) is 2. The lowest BCUT2D eigenvalue weighted by atomic mass is 9.91. The fourth-order valence-corrected chi connectivity index (χ4v) is 3.56. The maximum atomic E-state index is 12.2. The second-order valence-corrected chi connectivity index (χ2v) is 6.68. The van der Waals surface area contributed by atoms with Crippen molar-refractivity contribution in [2.75, 3.05) is 5.32 Å². The van der Waals surface area contributed by atoms with Gasteiger partial charge in [0.25, 0.3) is 5.91 Å². The van der Waals surface area contributed by atoms with Gasteiger partial charge in [0.1, 0.15) is 0 Å². The molecule has 3 heterocycles. The van der Waals surface area contributed by atoms with E-state index >= 15 is 0 Å². The van der Waals surface area contributed by atoms with Crippen LogP contribution in [0.15, 0.2) is 12.4 Å². The van der Waals surface area contributed by atoms with Gasteiger partial charge in [0.15, 0.2) is 0 Å². The first-order chi connectivity index (χ1) is 12.2. The summed E-state index contributed by atoms with van der Waals surface area (Å²) < 4.78 is 1.82. The summed E-state index contributed by atoms with van der Waals surface area (Å²) in [4.78, 5) is 21.4. The summed E-state index contributed by atoms with van der Waals surface area (Å²) in [5, 5.41) is 10.5. The SMILES string of the molecule is CCn1cc(-c2nc(N[C@@H]3CCCC[C@@H]3N)nc3c2C(=O)NC3)cn1. The van der Waals surface area contributed by atoms with Crippen LogP contribution >= 0.6 is 0 Å². The van der Waals surface area contributed by atoms with Gasteiger partial charge in [-0.25, -0.2) is 9.97 Å². The summed E-state index contributed by atoms with van der Waals surface area (Å²) in [6.45, 7) is 3.21. The second-order valence-electron chi connectivity index (χ2n) is 6.68. The summed E-state index contributed by atoms with van der Waals surface area (Å²) >= 11 is 0. The second kappa shape index (κ2) is 6.44. The average Bonchev–Trinajstić information content (AvgIpc) is 3.24. The van der Waals surface area contributed by atoms with E-state index in [4.69, 9.17) is 5.73 Å². The Balaban J connectivity index is 1.72. The zero-order valence-electron chi connectivity index (χ0n) is 14.3. The molecule has 132 valence electrons. The van der Waals surface area contributed by atoms with Gasteiger partial charge in [0.05, 0.1) is 29.7 Å². The number of nitrogens with two attached hydrogens (primary N) is 1. The van der Waals surface area contributed by atoms with Gasteiger partial charge in [0, 0.05) is 30.4 Å². The fourth-order valence-electron chi connectivity index (χ4n) is 3.56. The van der Waals surface area contributed by atoms with Crippen LogP contribution in [0.5, 0.6) is 0 Å². The number of carbonyl (C=O) groups is 1. The molecule has 4 rings (SSSR count). The van der Waals surface area contributed by atoms with Gasteiger partial charge < -0.3 is 16.4 Å². The smallest absolute Gasteiger partial charge is 0.255 e. The van der Waals surface area contributed by atoms with Crippen molar-refractivity contribution in [3.8, 4) is 11.3 Å². The van der Waals surface area contributed by atoms with Crippen LogP contribution in [0.1, 0.15) is 48.7 Å². The van der Waals surface area contributed by atoms with Crippen LogP contribution < -0.4 is 16.4 Å². The quantitative estimate of drug-likeness (QED) is 0.773. The van der Waals surface area contributed by atoms with Gasteiger partial charge in [-0.1, -0.05) is 12.8 Å². The molecule has 0 bridgehead atoms. The molecule has 1 aliphatic heterocycles. The molecule has 2 aromatic rings. The minimum Gasteiger partial charge on any atom is -0.350 e. The number of hydrogen-bond donors (Lipinski definition) is 3. The highest BCUT2D eigenvalue weighted by Crippen LogP contribution is 2.28. The average molecular weight is 341 g/mol. The molecule has 2 atom stereocenters. The first kappa shape index (κ1) is 16.0. The molecule has 0 aromatic carbocycles. The van der Waals surface area contributed by atoms with Crippen molar-refractivity contribution in [2.45, 2.75) is 57.8 Å². The predicted molar refractivity (Wildman–Crippen MR) is 94.0 cm³/mol. The number of carbonyl (C=O) groups excluding carboxylic acids is 1. The molecule has 0 radical (unpaired) electrons. The molecule has 8 nitrogen and oxygen atoms in total. The third kappa shape index (κ3) is 2.97. The van der Waals surface area contributed by atoms with Gasteiger partial charge in [-0.05, 0) is 19.8 Å². The van der Waals surface area contributed by atoms with E-state index in [1.165, 1.54) is 6.42 Å². The van der Waals surface area contributed by atoms with E-state index in [1.807, 2.05) is 17.8 Å². The standard InChI is InChI=1S/C17H23N7O/c1-2-24-9-10(7-20-24)15-14-13(8-19-16(14)25)22-17(23-15)21-12-6-4-3-5-11(12)18/h7,9,11-12H,2-6,8,18H2,1H3,(H,19,25)(H,21,22,23)/t11-,12+/m0/s1. The van der Waals surface area contributed by atoms with Crippen molar-refractivity contribution in [3.05, 3.63) is 23.7 Å². The maximum absolute atomic E-state index is 12.2. The zero-order chi connectivity index (χ0) is 17.4. The van der Waals surface area contributed by atoms with Crippen LogP contribution in [0.4, 0.5) is 5.95 Å². The van der Waals surface area contributed by atoms with Gasteiger partial charge in [-0.15, -0.1) is 0 Å². The number of hydrogen-bond acceptors (Lipinski definition) is 6. The van der Waals surface area contributed by atoms with Crippen molar-refractivity contribution in [1.29, 1.82) is 0 Å². The molecular formula is C17H23N7O. The predicted octanol–water partition coefficient (Wildman–Crippen LogP) is 1.29. The van der Waals surface area contributed by atoms with Crippen LogP contribution in [0, 0.1) is 0 Å².